The molecule has 0 radical (unpaired) electrons. The summed E-state index contributed by atoms with van der Waals surface area (Å²) >= 11 is 0. The number of anilines is 1. The van der Waals surface area contributed by atoms with Crippen molar-refractivity contribution in [3.8, 4) is 6.07 Å². The summed E-state index contributed by atoms with van der Waals surface area (Å²) in [6.45, 7) is 3.37. The normalized spacial score (nSPS) is 32.5. The van der Waals surface area contributed by atoms with Crippen LogP contribution < -0.4 is 5.73 Å². The van der Waals surface area contributed by atoms with Gasteiger partial charge in [-0.25, -0.2) is 14.3 Å². The molecule has 1 saturated heterocycles. The molecule has 0 spiro atoms. The van der Waals surface area contributed by atoms with Crippen molar-refractivity contribution >= 4 is 17.5 Å². The van der Waals surface area contributed by atoms with E-state index in [1.807, 2.05) is 6.07 Å². The standard InChI is InChI=1S/C18H21N5O7/c1-16(2,7-27-3)30-15(25)28-11-12-18(11,26)14(24)17(6-19,29-12)10-5-4-9-13(20)21-8-22-23(9)10/h4-5,8,11-12,14,24,26H,7H2,1-3H3,(H2,20,21,22)/t11?,12-,14+,17+,18-/m1/s1. The highest BCUT2D eigenvalue weighted by Crippen LogP contribution is 2.59. The van der Waals surface area contributed by atoms with E-state index in [0.29, 0.717) is 5.52 Å². The fraction of sp³-hybridized carbons (Fsp3) is 0.556. The molecule has 0 bridgehead atoms. The Labute approximate surface area is 170 Å². The second kappa shape index (κ2) is 6.51. The van der Waals surface area contributed by atoms with Crippen LogP contribution in [0.15, 0.2) is 18.5 Å². The Kier molecular flexibility index (Phi) is 4.41. The average molecular weight is 419 g/mol. The third-order valence-corrected chi connectivity index (χ3v) is 5.32. The van der Waals surface area contributed by atoms with Crippen molar-refractivity contribution in [1.82, 2.24) is 14.6 Å². The van der Waals surface area contributed by atoms with Crippen molar-refractivity contribution in [2.45, 2.75) is 49.0 Å². The van der Waals surface area contributed by atoms with E-state index in [1.54, 1.807) is 19.9 Å². The molecule has 30 heavy (non-hydrogen) atoms. The monoisotopic (exact) mass is 419 g/mol. The maximum atomic E-state index is 12.1. The van der Waals surface area contributed by atoms with Crippen molar-refractivity contribution in [3.63, 3.8) is 0 Å². The summed E-state index contributed by atoms with van der Waals surface area (Å²) in [6.07, 6.45) is -3.94. The van der Waals surface area contributed by atoms with Gasteiger partial charge < -0.3 is 34.9 Å². The van der Waals surface area contributed by atoms with Crippen LogP contribution in [0, 0.1) is 11.3 Å². The lowest BCUT2D eigenvalue weighted by molar-refractivity contribution is -0.121. The Balaban J connectivity index is 1.56. The number of fused-ring (bicyclic) bond motifs is 2. The van der Waals surface area contributed by atoms with Gasteiger partial charge in [-0.05, 0) is 26.0 Å². The summed E-state index contributed by atoms with van der Waals surface area (Å²) in [4.78, 5) is 16.0. The highest BCUT2D eigenvalue weighted by Gasteiger charge is 2.84. The van der Waals surface area contributed by atoms with Gasteiger partial charge in [0.2, 0.25) is 5.60 Å². The topological polar surface area (TPSA) is 174 Å². The largest absolute Gasteiger partial charge is 0.509 e. The number of aliphatic hydroxyl groups is 2. The number of rotatable bonds is 5. The van der Waals surface area contributed by atoms with E-state index >= 15 is 0 Å². The lowest BCUT2D eigenvalue weighted by Crippen LogP contribution is -2.48. The van der Waals surface area contributed by atoms with Crippen LogP contribution in [0.25, 0.3) is 5.52 Å². The third-order valence-electron chi connectivity index (χ3n) is 5.32. The molecule has 2 aromatic heterocycles. The number of nitrogens with zero attached hydrogens (tertiary/aromatic N) is 4. The number of methoxy groups -OCH3 is 1. The quantitative estimate of drug-likeness (QED) is 0.532. The zero-order valence-corrected chi connectivity index (χ0v) is 16.5. The van der Waals surface area contributed by atoms with Gasteiger partial charge in [-0.2, -0.15) is 10.4 Å². The first-order valence-corrected chi connectivity index (χ1v) is 9.07. The molecule has 2 aromatic rings. The molecule has 5 atom stereocenters. The summed E-state index contributed by atoms with van der Waals surface area (Å²) in [5.74, 6) is 0.170. The summed E-state index contributed by atoms with van der Waals surface area (Å²) in [7, 11) is 1.46. The molecule has 4 rings (SSSR count). The van der Waals surface area contributed by atoms with Crippen molar-refractivity contribution in [2.24, 2.45) is 0 Å². The molecule has 160 valence electrons. The number of carbonyl (C=O) groups is 1. The third kappa shape index (κ3) is 2.71. The van der Waals surface area contributed by atoms with Gasteiger partial charge in [0.25, 0.3) is 0 Å². The fourth-order valence-corrected chi connectivity index (χ4v) is 3.85. The van der Waals surface area contributed by atoms with Gasteiger partial charge in [0, 0.05) is 7.11 Å². The molecule has 12 heteroatoms. The molecule has 4 N–H and O–H groups in total. The first-order valence-electron chi connectivity index (χ1n) is 9.07. The Hall–Kier alpha value is -2.98. The number of aromatic nitrogens is 3. The number of carbonyl (C=O) groups excluding carboxylic acids is 1. The van der Waals surface area contributed by atoms with E-state index in [4.69, 9.17) is 24.7 Å². The van der Waals surface area contributed by atoms with Crippen LogP contribution in [0.3, 0.4) is 0 Å². The Bertz CT molecular complexity index is 1050. The van der Waals surface area contributed by atoms with Gasteiger partial charge in [-0.3, -0.25) is 0 Å². The SMILES string of the molecule is COCC(C)(C)OC(=O)OC1[C@H]2O[C@@](C#N)(c3ccc4c(N)ncnn34)[C@H](O)[C@@]12O. The maximum absolute atomic E-state index is 12.1. The number of hydrogen-bond acceptors (Lipinski definition) is 11. The second-order valence-corrected chi connectivity index (χ2v) is 7.92. The van der Waals surface area contributed by atoms with Gasteiger partial charge in [0.15, 0.2) is 17.5 Å². The number of hydrogen-bond donors (Lipinski definition) is 3. The highest BCUT2D eigenvalue weighted by atomic mass is 16.8. The van der Waals surface area contributed by atoms with Gasteiger partial charge in [0.1, 0.15) is 35.7 Å². The number of ether oxygens (including phenoxy) is 4. The second-order valence-electron chi connectivity index (χ2n) is 7.92. The van der Waals surface area contributed by atoms with Crippen LogP contribution in [0.2, 0.25) is 0 Å². The number of nitrogens with two attached hydrogens (primary N) is 1. The van der Waals surface area contributed by atoms with E-state index < -0.39 is 41.3 Å². The predicted molar refractivity (Wildman–Crippen MR) is 97.8 cm³/mol. The zero-order valence-electron chi connectivity index (χ0n) is 16.5. The van der Waals surface area contributed by atoms with E-state index in [0.717, 1.165) is 0 Å². The van der Waals surface area contributed by atoms with Crippen LogP contribution in [0.5, 0.6) is 0 Å². The highest BCUT2D eigenvalue weighted by molar-refractivity contribution is 5.66. The molecule has 2 aliphatic rings. The molecule has 1 aliphatic heterocycles. The number of nitrogen functional groups attached to an aromatic ring is 1. The van der Waals surface area contributed by atoms with Crippen molar-refractivity contribution in [3.05, 3.63) is 24.2 Å². The molecule has 12 nitrogen and oxygen atoms in total. The van der Waals surface area contributed by atoms with Crippen molar-refractivity contribution in [1.29, 1.82) is 5.26 Å². The smallest absolute Gasteiger partial charge is 0.426 e. The van der Waals surface area contributed by atoms with Gasteiger partial charge in [-0.1, -0.05) is 0 Å². The summed E-state index contributed by atoms with van der Waals surface area (Å²) in [5.41, 5.74) is 1.48. The molecule has 2 fully saturated rings. The summed E-state index contributed by atoms with van der Waals surface area (Å²) < 4.78 is 22.3. The van der Waals surface area contributed by atoms with Gasteiger partial charge in [0.05, 0.1) is 12.3 Å². The molecular formula is C18H21N5O7. The van der Waals surface area contributed by atoms with Crippen molar-refractivity contribution in [2.75, 3.05) is 19.5 Å². The van der Waals surface area contributed by atoms with Gasteiger partial charge >= 0.3 is 6.16 Å². The lowest BCUT2D eigenvalue weighted by Gasteiger charge is -2.29. The molecule has 0 amide bonds. The number of nitriles is 1. The van der Waals surface area contributed by atoms with Crippen LogP contribution in [0.1, 0.15) is 19.5 Å². The minimum Gasteiger partial charge on any atom is -0.426 e. The first kappa shape index (κ1) is 20.3. The molecular weight excluding hydrogens is 398 g/mol. The first-order chi connectivity index (χ1) is 14.1. The van der Waals surface area contributed by atoms with E-state index in [2.05, 4.69) is 10.1 Å². The molecule has 1 saturated carbocycles. The number of aliphatic hydroxyl groups excluding tert-OH is 1. The van der Waals surface area contributed by atoms with Crippen molar-refractivity contribution < 1.29 is 34.0 Å². The Morgan fingerprint density at radius 2 is 2.23 bits per heavy atom. The van der Waals surface area contributed by atoms with E-state index in [1.165, 1.54) is 24.0 Å². The maximum Gasteiger partial charge on any atom is 0.509 e. The fourth-order valence-electron chi connectivity index (χ4n) is 3.85. The van der Waals surface area contributed by atoms with Gasteiger partial charge in [-0.15, -0.1) is 0 Å². The zero-order chi connectivity index (χ0) is 21.9. The van der Waals surface area contributed by atoms with Crippen LogP contribution >= 0.6 is 0 Å². The van der Waals surface area contributed by atoms with E-state index in [9.17, 15) is 20.3 Å². The van der Waals surface area contributed by atoms with Crippen LogP contribution in [-0.4, -0.2) is 74.2 Å². The average Bonchev–Trinajstić information content (AvgIpc) is 2.97. The molecule has 1 aliphatic carbocycles. The predicted octanol–water partition coefficient (Wildman–Crippen LogP) is -0.518. The molecule has 0 aromatic carbocycles. The lowest BCUT2D eigenvalue weighted by atomic mass is 9.90. The minimum absolute atomic E-state index is 0.128. The van der Waals surface area contributed by atoms with Crippen LogP contribution in [0.4, 0.5) is 10.6 Å². The molecule has 1 unspecified atom stereocenters. The minimum atomic E-state index is -1.98. The summed E-state index contributed by atoms with van der Waals surface area (Å²) in [6, 6.07) is 4.98. The van der Waals surface area contributed by atoms with Crippen LogP contribution in [-0.2, 0) is 24.5 Å². The van der Waals surface area contributed by atoms with E-state index in [-0.39, 0.29) is 18.1 Å². The summed E-state index contributed by atoms with van der Waals surface area (Å²) in [5, 5.41) is 35.6. The Morgan fingerprint density at radius 3 is 2.83 bits per heavy atom. The molecule has 3 heterocycles. The Morgan fingerprint density at radius 1 is 1.50 bits per heavy atom.